The molecule has 0 aromatic heterocycles. The Labute approximate surface area is 125 Å². The average Bonchev–Trinajstić information content (AvgIpc) is 2.28. The number of rotatable bonds is 6. The van der Waals surface area contributed by atoms with Crippen molar-refractivity contribution >= 4 is 41.9 Å². The van der Waals surface area contributed by atoms with Crippen molar-refractivity contribution in [2.75, 3.05) is 19.3 Å². The van der Waals surface area contributed by atoms with Gasteiger partial charge >= 0.3 is 0 Å². The van der Waals surface area contributed by atoms with E-state index in [4.69, 9.17) is 0 Å². The van der Waals surface area contributed by atoms with E-state index in [1.54, 1.807) is 0 Å². The number of hydrogen-bond donors (Lipinski definition) is 2. The Morgan fingerprint density at radius 2 is 2.00 bits per heavy atom. The van der Waals surface area contributed by atoms with Gasteiger partial charge in [0.25, 0.3) is 0 Å². The van der Waals surface area contributed by atoms with E-state index in [0.29, 0.717) is 6.54 Å². The summed E-state index contributed by atoms with van der Waals surface area (Å²) in [7, 11) is -1.73. The smallest absolute Gasteiger partial charge is 0.212 e. The van der Waals surface area contributed by atoms with Crippen molar-refractivity contribution in [2.24, 2.45) is 0 Å². The third kappa shape index (κ3) is 4.97. The minimum Gasteiger partial charge on any atom is -0.309 e. The van der Waals surface area contributed by atoms with Gasteiger partial charge in [0, 0.05) is 21.5 Å². The molecular weight excluding hydrogens is 384 g/mol. The minimum atomic E-state index is -3.15. The molecule has 0 aliphatic rings. The van der Waals surface area contributed by atoms with Crippen molar-refractivity contribution in [1.82, 2.24) is 10.0 Å². The molecule has 102 valence electrons. The van der Waals surface area contributed by atoms with Crippen LogP contribution in [0.2, 0.25) is 0 Å². The molecule has 0 saturated carbocycles. The van der Waals surface area contributed by atoms with Crippen molar-refractivity contribution in [3.05, 3.63) is 32.7 Å². The van der Waals surface area contributed by atoms with Crippen LogP contribution >= 0.6 is 31.9 Å². The Morgan fingerprint density at radius 1 is 1.33 bits per heavy atom. The normalized spacial score (nSPS) is 13.6. The Bertz CT molecular complexity index is 506. The summed E-state index contributed by atoms with van der Waals surface area (Å²) in [5, 5.41) is 3.19. The molecule has 1 rings (SSSR count). The van der Waals surface area contributed by atoms with E-state index in [9.17, 15) is 8.42 Å². The first-order chi connectivity index (χ1) is 8.35. The molecule has 18 heavy (non-hydrogen) atoms. The number of nitrogens with one attached hydrogen (secondary N) is 2. The maximum Gasteiger partial charge on any atom is 0.212 e. The molecule has 0 spiro atoms. The Kier molecular flexibility index (Phi) is 6.26. The minimum absolute atomic E-state index is 0.0714. The summed E-state index contributed by atoms with van der Waals surface area (Å²) in [6.07, 6.45) is 0. The fraction of sp³-hybridized carbons (Fsp3) is 0.455. The van der Waals surface area contributed by atoms with Crippen LogP contribution in [0.1, 0.15) is 18.5 Å². The summed E-state index contributed by atoms with van der Waals surface area (Å²) in [6, 6.07) is 6.01. The van der Waals surface area contributed by atoms with Crippen molar-refractivity contribution < 1.29 is 8.42 Å². The maximum atomic E-state index is 11.3. The molecule has 0 fully saturated rings. The summed E-state index contributed by atoms with van der Waals surface area (Å²) in [5.41, 5.74) is 1.10. The lowest BCUT2D eigenvalue weighted by atomic mass is 10.1. The molecule has 1 unspecified atom stereocenters. The van der Waals surface area contributed by atoms with Gasteiger partial charge in [-0.25, -0.2) is 13.1 Å². The molecular formula is C11H16Br2N2O2S. The molecule has 1 atom stereocenters. The summed E-state index contributed by atoms with van der Waals surface area (Å²) in [4.78, 5) is 0. The Balaban J connectivity index is 2.58. The highest BCUT2D eigenvalue weighted by molar-refractivity contribution is 9.11. The van der Waals surface area contributed by atoms with Crippen LogP contribution in [0.4, 0.5) is 0 Å². The average molecular weight is 400 g/mol. The van der Waals surface area contributed by atoms with E-state index < -0.39 is 10.0 Å². The van der Waals surface area contributed by atoms with E-state index in [0.717, 1.165) is 14.5 Å². The fourth-order valence-corrected chi connectivity index (χ4v) is 3.46. The quantitative estimate of drug-likeness (QED) is 0.772. The van der Waals surface area contributed by atoms with Crippen molar-refractivity contribution in [3.63, 3.8) is 0 Å². The SMILES string of the molecule is CNS(=O)(=O)CCNC(C)c1ccc(Br)cc1Br. The second-order valence-corrected chi connectivity index (χ2v) is 7.68. The standard InChI is InChI=1S/C11H16Br2N2O2S/c1-8(15-5-6-18(16,17)14-2)10-4-3-9(12)7-11(10)13/h3-4,7-8,14-15H,5-6H2,1-2H3. The van der Waals surface area contributed by atoms with Crippen LogP contribution < -0.4 is 10.0 Å². The highest BCUT2D eigenvalue weighted by atomic mass is 79.9. The second-order valence-electron chi connectivity index (χ2n) is 3.86. The second kappa shape index (κ2) is 7.00. The highest BCUT2D eigenvalue weighted by Gasteiger charge is 2.11. The fourth-order valence-electron chi connectivity index (χ4n) is 1.47. The molecule has 0 heterocycles. The zero-order valence-electron chi connectivity index (χ0n) is 10.2. The summed E-state index contributed by atoms with van der Waals surface area (Å²) >= 11 is 6.89. The van der Waals surface area contributed by atoms with Crippen LogP contribution in [0.25, 0.3) is 0 Å². The topological polar surface area (TPSA) is 58.2 Å². The van der Waals surface area contributed by atoms with Gasteiger partial charge in [-0.1, -0.05) is 37.9 Å². The molecule has 4 nitrogen and oxygen atoms in total. The van der Waals surface area contributed by atoms with E-state index in [2.05, 4.69) is 41.9 Å². The van der Waals surface area contributed by atoms with Gasteiger partial charge in [0.05, 0.1) is 5.75 Å². The molecule has 2 N–H and O–H groups in total. The third-order valence-electron chi connectivity index (χ3n) is 2.56. The summed E-state index contributed by atoms with van der Waals surface area (Å²) in [6.45, 7) is 2.41. The van der Waals surface area contributed by atoms with Crippen molar-refractivity contribution in [1.29, 1.82) is 0 Å². The molecule has 7 heteroatoms. The van der Waals surface area contributed by atoms with Gasteiger partial charge in [-0.05, 0) is 31.7 Å². The summed E-state index contributed by atoms with van der Waals surface area (Å²) in [5.74, 6) is 0.0714. The zero-order valence-corrected chi connectivity index (χ0v) is 14.2. The van der Waals surface area contributed by atoms with E-state index in [1.165, 1.54) is 7.05 Å². The molecule has 0 bridgehead atoms. The van der Waals surface area contributed by atoms with Gasteiger partial charge in [0.1, 0.15) is 0 Å². The lowest BCUT2D eigenvalue weighted by molar-refractivity contribution is 0.566. The predicted octanol–water partition coefficient (Wildman–Crippen LogP) is 2.41. The molecule has 0 aliphatic carbocycles. The lowest BCUT2D eigenvalue weighted by Gasteiger charge is -2.16. The van der Waals surface area contributed by atoms with Crippen LogP contribution in [0.5, 0.6) is 0 Å². The Hall–Kier alpha value is 0.0500. The first kappa shape index (κ1) is 16.1. The first-order valence-electron chi connectivity index (χ1n) is 5.45. The van der Waals surface area contributed by atoms with Crippen LogP contribution in [0, 0.1) is 0 Å². The van der Waals surface area contributed by atoms with Gasteiger partial charge in [-0.15, -0.1) is 0 Å². The van der Waals surface area contributed by atoms with Gasteiger partial charge < -0.3 is 5.32 Å². The maximum absolute atomic E-state index is 11.3. The van der Waals surface area contributed by atoms with E-state index in [1.807, 2.05) is 25.1 Å². The van der Waals surface area contributed by atoms with Gasteiger partial charge in [0.15, 0.2) is 0 Å². The monoisotopic (exact) mass is 398 g/mol. The lowest BCUT2D eigenvalue weighted by Crippen LogP contribution is -2.31. The van der Waals surface area contributed by atoms with E-state index >= 15 is 0 Å². The molecule has 1 aromatic rings. The van der Waals surface area contributed by atoms with Gasteiger partial charge in [-0.3, -0.25) is 0 Å². The molecule has 1 aromatic carbocycles. The molecule has 0 amide bonds. The first-order valence-corrected chi connectivity index (χ1v) is 8.69. The molecule has 0 saturated heterocycles. The highest BCUT2D eigenvalue weighted by Crippen LogP contribution is 2.26. The van der Waals surface area contributed by atoms with Crippen molar-refractivity contribution in [3.8, 4) is 0 Å². The third-order valence-corrected chi connectivity index (χ3v) is 5.10. The van der Waals surface area contributed by atoms with Gasteiger partial charge in [-0.2, -0.15) is 0 Å². The van der Waals surface area contributed by atoms with Crippen LogP contribution in [0.3, 0.4) is 0 Å². The predicted molar refractivity (Wildman–Crippen MR) is 81.1 cm³/mol. The number of sulfonamides is 1. The number of halogens is 2. The number of benzene rings is 1. The van der Waals surface area contributed by atoms with Crippen molar-refractivity contribution in [2.45, 2.75) is 13.0 Å². The van der Waals surface area contributed by atoms with Crippen LogP contribution in [0.15, 0.2) is 27.1 Å². The zero-order chi connectivity index (χ0) is 13.8. The summed E-state index contributed by atoms with van der Waals surface area (Å²) < 4.78 is 26.8. The molecule has 0 radical (unpaired) electrons. The van der Waals surface area contributed by atoms with Crippen LogP contribution in [-0.2, 0) is 10.0 Å². The van der Waals surface area contributed by atoms with Crippen LogP contribution in [-0.4, -0.2) is 27.8 Å². The Morgan fingerprint density at radius 3 is 2.56 bits per heavy atom. The van der Waals surface area contributed by atoms with E-state index in [-0.39, 0.29) is 11.8 Å². The number of hydrogen-bond acceptors (Lipinski definition) is 3. The molecule has 0 aliphatic heterocycles. The largest absolute Gasteiger partial charge is 0.309 e. The van der Waals surface area contributed by atoms with Gasteiger partial charge in [0.2, 0.25) is 10.0 Å².